The van der Waals surface area contributed by atoms with Crippen LogP contribution in [0.15, 0.2) is 94.0 Å². The van der Waals surface area contributed by atoms with E-state index in [0.717, 1.165) is 9.36 Å². The minimum Gasteiger partial charge on any atom is -0.462 e. The number of rotatable bonds is 6. The normalized spacial score (nSPS) is 14.1. The highest BCUT2D eigenvalue weighted by Crippen LogP contribution is 2.42. The van der Waals surface area contributed by atoms with Gasteiger partial charge in [-0.3, -0.25) is 9.59 Å². The second kappa shape index (κ2) is 10.3. The van der Waals surface area contributed by atoms with Crippen LogP contribution in [0.25, 0.3) is 22.3 Å². The van der Waals surface area contributed by atoms with E-state index in [1.54, 1.807) is 61.0 Å². The molecule has 42 heavy (non-hydrogen) atoms. The van der Waals surface area contributed by atoms with Gasteiger partial charge in [-0.2, -0.15) is 15.0 Å². The number of ether oxygens (including phenoxy) is 2. The SMILES string of the molecule is CCOC(=O)C1=C(N)n2c(=O)c3ccccc3c(=O)n2C1c1c(C)nn(-c2ccccc2)c1Oc1ccc(C#N)cc1. The summed E-state index contributed by atoms with van der Waals surface area (Å²) in [5, 5.41) is 14.3. The van der Waals surface area contributed by atoms with Gasteiger partial charge in [-0.15, -0.1) is 0 Å². The second-order valence-electron chi connectivity index (χ2n) is 9.52. The number of hydrogen-bond acceptors (Lipinski definition) is 8. The number of aromatic nitrogens is 4. The predicted molar refractivity (Wildman–Crippen MR) is 154 cm³/mol. The lowest BCUT2D eigenvalue weighted by molar-refractivity contribution is -0.138. The van der Waals surface area contributed by atoms with Gasteiger partial charge < -0.3 is 15.2 Å². The van der Waals surface area contributed by atoms with Crippen molar-refractivity contribution in [2.75, 3.05) is 6.61 Å². The van der Waals surface area contributed by atoms with Gasteiger partial charge in [0.1, 0.15) is 23.2 Å². The Morgan fingerprint density at radius 1 is 0.976 bits per heavy atom. The largest absolute Gasteiger partial charge is 0.462 e. The average molecular weight is 561 g/mol. The molecule has 1 atom stereocenters. The summed E-state index contributed by atoms with van der Waals surface area (Å²) in [5.41, 5.74) is 7.15. The quantitative estimate of drug-likeness (QED) is 0.310. The molecule has 11 heteroatoms. The standard InChI is InChI=1S/C31H24N6O5/c1-3-41-31(40)25-26(36-28(38)22-11-7-8-12-23(22)29(39)37(36)27(25)33)24-18(2)34-35(20-9-5-4-6-10-20)30(24)42-21-15-13-19(17-32)14-16-21/h4-16,26H,3,33H2,1-2H3. The van der Waals surface area contributed by atoms with Crippen molar-refractivity contribution in [3.63, 3.8) is 0 Å². The van der Waals surface area contributed by atoms with E-state index in [4.69, 9.17) is 20.3 Å². The third-order valence-corrected chi connectivity index (χ3v) is 7.06. The first-order valence-electron chi connectivity index (χ1n) is 13.1. The van der Waals surface area contributed by atoms with Crippen molar-refractivity contribution in [1.82, 2.24) is 19.1 Å². The molecular weight excluding hydrogens is 536 g/mol. The minimum atomic E-state index is -1.21. The van der Waals surface area contributed by atoms with Gasteiger partial charge in [-0.25, -0.2) is 14.2 Å². The summed E-state index contributed by atoms with van der Waals surface area (Å²) < 4.78 is 15.5. The molecule has 5 aromatic rings. The van der Waals surface area contributed by atoms with E-state index >= 15 is 0 Å². The van der Waals surface area contributed by atoms with Gasteiger partial charge in [0, 0.05) is 0 Å². The summed E-state index contributed by atoms with van der Waals surface area (Å²) >= 11 is 0. The molecule has 3 aromatic carbocycles. The zero-order valence-electron chi connectivity index (χ0n) is 22.6. The third kappa shape index (κ3) is 4.05. The van der Waals surface area contributed by atoms with Gasteiger partial charge in [-0.05, 0) is 62.4 Å². The van der Waals surface area contributed by atoms with Crippen molar-refractivity contribution < 1.29 is 14.3 Å². The van der Waals surface area contributed by atoms with Gasteiger partial charge in [-0.1, -0.05) is 30.3 Å². The molecule has 2 aromatic heterocycles. The molecule has 3 heterocycles. The van der Waals surface area contributed by atoms with E-state index in [1.807, 2.05) is 30.3 Å². The Balaban J connectivity index is 1.68. The second-order valence-corrected chi connectivity index (χ2v) is 9.52. The summed E-state index contributed by atoms with van der Waals surface area (Å²) in [7, 11) is 0. The van der Waals surface area contributed by atoms with Crippen molar-refractivity contribution in [2.24, 2.45) is 5.73 Å². The van der Waals surface area contributed by atoms with Gasteiger partial charge in [0.05, 0.1) is 46.0 Å². The van der Waals surface area contributed by atoms with E-state index in [9.17, 15) is 19.6 Å². The Labute approximate surface area is 238 Å². The number of carbonyl (C=O) groups is 1. The smallest absolute Gasteiger partial charge is 0.340 e. The summed E-state index contributed by atoms with van der Waals surface area (Å²) in [6.07, 6.45) is 0. The maximum Gasteiger partial charge on any atom is 0.340 e. The summed E-state index contributed by atoms with van der Waals surface area (Å²) in [5.74, 6) is -0.440. The number of nitrogens with zero attached hydrogens (tertiary/aromatic N) is 5. The van der Waals surface area contributed by atoms with Gasteiger partial charge in [0.2, 0.25) is 5.88 Å². The number of carbonyl (C=O) groups excluding carboxylic acids is 1. The summed E-state index contributed by atoms with van der Waals surface area (Å²) in [6.45, 7) is 3.41. The molecule has 6 rings (SSSR count). The van der Waals surface area contributed by atoms with Crippen LogP contribution in [0.3, 0.4) is 0 Å². The van der Waals surface area contributed by atoms with Gasteiger partial charge in [0.15, 0.2) is 0 Å². The van der Waals surface area contributed by atoms with Crippen molar-refractivity contribution in [2.45, 2.75) is 19.9 Å². The highest BCUT2D eigenvalue weighted by Gasteiger charge is 2.43. The fraction of sp³-hybridized carbons (Fsp3) is 0.129. The molecule has 0 saturated heterocycles. The van der Waals surface area contributed by atoms with Crippen LogP contribution in [0, 0.1) is 18.3 Å². The van der Waals surface area contributed by atoms with Crippen LogP contribution in [0.5, 0.6) is 11.6 Å². The average Bonchev–Trinajstić information content (AvgIpc) is 3.49. The lowest BCUT2D eigenvalue weighted by atomic mass is 9.99. The van der Waals surface area contributed by atoms with E-state index < -0.39 is 23.1 Å². The lowest BCUT2D eigenvalue weighted by Crippen LogP contribution is -2.38. The molecule has 0 aliphatic carbocycles. The summed E-state index contributed by atoms with van der Waals surface area (Å²) in [6, 6.07) is 22.9. The highest BCUT2D eigenvalue weighted by molar-refractivity contribution is 5.97. The molecular formula is C31H24N6O5. The van der Waals surface area contributed by atoms with Crippen molar-refractivity contribution >= 4 is 22.6 Å². The van der Waals surface area contributed by atoms with Crippen molar-refractivity contribution in [3.8, 4) is 23.4 Å². The third-order valence-electron chi connectivity index (χ3n) is 7.06. The molecule has 0 amide bonds. The van der Waals surface area contributed by atoms with Crippen LogP contribution in [-0.2, 0) is 9.53 Å². The number of nitrogens with two attached hydrogens (primary N) is 1. The number of esters is 1. The van der Waals surface area contributed by atoms with Crippen LogP contribution >= 0.6 is 0 Å². The Hall–Kier alpha value is -5.89. The zero-order valence-corrected chi connectivity index (χ0v) is 22.6. The van der Waals surface area contributed by atoms with E-state index in [2.05, 4.69) is 6.07 Å². The number of para-hydroxylation sites is 1. The molecule has 0 radical (unpaired) electrons. The van der Waals surface area contributed by atoms with Crippen molar-refractivity contribution in [1.29, 1.82) is 5.26 Å². The fourth-order valence-electron chi connectivity index (χ4n) is 5.19. The Morgan fingerprint density at radius 3 is 2.26 bits per heavy atom. The molecule has 0 bridgehead atoms. The van der Waals surface area contributed by atoms with Gasteiger partial charge >= 0.3 is 5.97 Å². The molecule has 1 aliphatic heterocycles. The Bertz CT molecular complexity index is 2060. The monoisotopic (exact) mass is 560 g/mol. The predicted octanol–water partition coefficient (Wildman–Crippen LogP) is 3.61. The van der Waals surface area contributed by atoms with E-state index in [1.165, 1.54) is 6.07 Å². The molecule has 0 fully saturated rings. The maximum atomic E-state index is 14.0. The molecule has 0 saturated carbocycles. The highest BCUT2D eigenvalue weighted by atomic mass is 16.5. The Morgan fingerprint density at radius 2 is 1.62 bits per heavy atom. The number of hydrogen-bond donors (Lipinski definition) is 1. The maximum absolute atomic E-state index is 14.0. The number of fused-ring (bicyclic) bond motifs is 2. The fourth-order valence-corrected chi connectivity index (χ4v) is 5.19. The minimum absolute atomic E-state index is 0.0430. The number of nitriles is 1. The molecule has 1 aliphatic rings. The number of aryl methyl sites for hydroxylation is 1. The molecule has 208 valence electrons. The first-order chi connectivity index (χ1) is 20.3. The van der Waals surface area contributed by atoms with Gasteiger partial charge in [0.25, 0.3) is 11.1 Å². The first-order valence-corrected chi connectivity index (χ1v) is 13.1. The number of benzene rings is 3. The van der Waals surface area contributed by atoms with E-state index in [-0.39, 0.29) is 34.7 Å². The van der Waals surface area contributed by atoms with Crippen molar-refractivity contribution in [3.05, 3.63) is 122 Å². The Kier molecular flexibility index (Phi) is 6.43. The summed E-state index contributed by atoms with van der Waals surface area (Å²) in [4.78, 5) is 41.2. The van der Waals surface area contributed by atoms with Crippen LogP contribution in [0.4, 0.5) is 0 Å². The molecule has 0 spiro atoms. The molecule has 2 N–H and O–H groups in total. The lowest BCUT2D eigenvalue weighted by Gasteiger charge is -2.19. The van der Waals surface area contributed by atoms with Crippen LogP contribution in [0.2, 0.25) is 0 Å². The first kappa shape index (κ1) is 26.3. The van der Waals surface area contributed by atoms with Crippen LogP contribution in [-0.4, -0.2) is 31.7 Å². The van der Waals surface area contributed by atoms with Crippen LogP contribution < -0.4 is 21.6 Å². The van der Waals surface area contributed by atoms with E-state index in [0.29, 0.717) is 28.3 Å². The molecule has 1 unspecified atom stereocenters. The zero-order chi connectivity index (χ0) is 29.5. The molecule has 11 nitrogen and oxygen atoms in total. The van der Waals surface area contributed by atoms with Crippen LogP contribution in [0.1, 0.15) is 29.8 Å². The topological polar surface area (TPSA) is 147 Å².